The third-order valence-electron chi connectivity index (χ3n) is 5.15. The molecule has 2 fully saturated rings. The van der Waals surface area contributed by atoms with E-state index in [0.29, 0.717) is 13.1 Å². The van der Waals surface area contributed by atoms with Gasteiger partial charge in [-0.3, -0.25) is 0 Å². The Labute approximate surface area is 168 Å². The Kier molecular flexibility index (Phi) is 7.33. The number of hydrogen-bond donors (Lipinski definition) is 1. The molecule has 1 aliphatic heterocycles. The highest BCUT2D eigenvalue weighted by Crippen LogP contribution is 2.48. The summed E-state index contributed by atoms with van der Waals surface area (Å²) in [6.45, 7) is 10.9. The van der Waals surface area contributed by atoms with Gasteiger partial charge < -0.3 is 19.7 Å². The smallest absolute Gasteiger partial charge is 0.410 e. The summed E-state index contributed by atoms with van der Waals surface area (Å²) in [5.74, 6) is 0. The van der Waals surface area contributed by atoms with Crippen LogP contribution < -0.4 is 5.32 Å². The Hall–Kier alpha value is -2.24. The molecule has 2 aliphatic rings. The van der Waals surface area contributed by atoms with E-state index in [-0.39, 0.29) is 24.2 Å². The molecule has 2 amide bonds. The van der Waals surface area contributed by atoms with Gasteiger partial charge in [-0.05, 0) is 39.2 Å². The average Bonchev–Trinajstić information content (AvgIpc) is 3.00. The lowest BCUT2D eigenvalue weighted by atomic mass is 9.66. The molecule has 6 nitrogen and oxygen atoms in total. The number of hydrogen-bond acceptors (Lipinski definition) is 4. The van der Waals surface area contributed by atoms with E-state index in [0.717, 1.165) is 24.8 Å². The predicted octanol–water partition coefficient (Wildman–Crippen LogP) is 4.73. The minimum absolute atomic E-state index is 0.0390. The van der Waals surface area contributed by atoms with E-state index in [9.17, 15) is 9.59 Å². The molecule has 1 N–H and O–H groups in total. The van der Waals surface area contributed by atoms with E-state index in [1.807, 2.05) is 65.0 Å². The molecule has 1 heterocycles. The second kappa shape index (κ2) is 9.30. The summed E-state index contributed by atoms with van der Waals surface area (Å²) in [7, 11) is 0. The lowest BCUT2D eigenvalue weighted by molar-refractivity contribution is 0.0403. The third kappa shape index (κ3) is 5.63. The van der Waals surface area contributed by atoms with Gasteiger partial charge in [0, 0.05) is 18.5 Å². The van der Waals surface area contributed by atoms with Crippen molar-refractivity contribution in [2.75, 3.05) is 13.1 Å². The van der Waals surface area contributed by atoms with Crippen LogP contribution in [0.1, 0.15) is 59.4 Å². The van der Waals surface area contributed by atoms with E-state index in [2.05, 4.69) is 5.32 Å². The van der Waals surface area contributed by atoms with Gasteiger partial charge in [0.15, 0.2) is 0 Å². The highest BCUT2D eigenvalue weighted by molar-refractivity contribution is 5.70. The predicted molar refractivity (Wildman–Crippen MR) is 109 cm³/mol. The van der Waals surface area contributed by atoms with Crippen molar-refractivity contribution in [1.29, 1.82) is 0 Å². The summed E-state index contributed by atoms with van der Waals surface area (Å²) >= 11 is 0. The van der Waals surface area contributed by atoms with E-state index in [1.54, 1.807) is 4.90 Å². The minimum atomic E-state index is -0.538. The molecule has 1 saturated heterocycles. The van der Waals surface area contributed by atoms with Crippen molar-refractivity contribution in [2.45, 2.75) is 72.1 Å². The van der Waals surface area contributed by atoms with Crippen molar-refractivity contribution in [1.82, 2.24) is 10.2 Å². The number of benzene rings is 1. The van der Waals surface area contributed by atoms with E-state index in [1.165, 1.54) is 0 Å². The van der Waals surface area contributed by atoms with Crippen LogP contribution in [0.5, 0.6) is 0 Å². The Bertz CT molecular complexity index is 650. The summed E-state index contributed by atoms with van der Waals surface area (Å²) in [5.41, 5.74) is 0.383. The Morgan fingerprint density at radius 1 is 1.18 bits per heavy atom. The number of rotatable bonds is 3. The fourth-order valence-electron chi connectivity index (χ4n) is 3.70. The summed E-state index contributed by atoms with van der Waals surface area (Å²) in [6.07, 6.45) is 2.40. The minimum Gasteiger partial charge on any atom is -0.445 e. The number of likely N-dealkylation sites (tertiary alicyclic amines) is 1. The van der Waals surface area contributed by atoms with Crippen molar-refractivity contribution in [3.63, 3.8) is 0 Å². The topological polar surface area (TPSA) is 67.9 Å². The SMILES string of the molecule is CC.CC(C)(C)OC(=O)N[C@@H]1CN(C(=O)OCc2ccccc2)CC12CCC2. The van der Waals surface area contributed by atoms with Crippen LogP contribution in [-0.2, 0) is 16.1 Å². The van der Waals surface area contributed by atoms with Crippen LogP contribution in [0.3, 0.4) is 0 Å². The molecule has 1 aromatic rings. The van der Waals surface area contributed by atoms with Crippen LogP contribution in [-0.4, -0.2) is 41.8 Å². The van der Waals surface area contributed by atoms with Crippen molar-refractivity contribution >= 4 is 12.2 Å². The summed E-state index contributed by atoms with van der Waals surface area (Å²) in [4.78, 5) is 26.3. The first-order chi connectivity index (χ1) is 13.3. The van der Waals surface area contributed by atoms with Crippen LogP contribution in [0, 0.1) is 5.41 Å². The van der Waals surface area contributed by atoms with Gasteiger partial charge in [0.2, 0.25) is 0 Å². The number of alkyl carbamates (subject to hydrolysis) is 1. The number of nitrogens with zero attached hydrogens (tertiary/aromatic N) is 1. The van der Waals surface area contributed by atoms with Gasteiger partial charge in [-0.1, -0.05) is 50.6 Å². The van der Waals surface area contributed by atoms with E-state index < -0.39 is 11.7 Å². The average molecular weight is 391 g/mol. The second-order valence-electron chi connectivity index (χ2n) is 8.34. The number of amides is 2. The van der Waals surface area contributed by atoms with E-state index >= 15 is 0 Å². The van der Waals surface area contributed by atoms with Crippen molar-refractivity contribution in [3.05, 3.63) is 35.9 Å². The normalized spacial score (nSPS) is 19.9. The molecule has 1 aliphatic carbocycles. The molecule has 0 aromatic heterocycles. The Morgan fingerprint density at radius 2 is 1.82 bits per heavy atom. The van der Waals surface area contributed by atoms with Crippen molar-refractivity contribution in [3.8, 4) is 0 Å². The molecule has 1 spiro atoms. The number of nitrogens with one attached hydrogen (secondary N) is 1. The first-order valence-corrected chi connectivity index (χ1v) is 10.2. The second-order valence-corrected chi connectivity index (χ2v) is 8.34. The fraction of sp³-hybridized carbons (Fsp3) is 0.636. The van der Waals surface area contributed by atoms with E-state index in [4.69, 9.17) is 9.47 Å². The van der Waals surface area contributed by atoms with Gasteiger partial charge in [-0.2, -0.15) is 0 Å². The summed E-state index contributed by atoms with van der Waals surface area (Å²) < 4.78 is 10.8. The zero-order valence-electron chi connectivity index (χ0n) is 17.8. The van der Waals surface area contributed by atoms with Crippen LogP contribution in [0.2, 0.25) is 0 Å². The van der Waals surface area contributed by atoms with Crippen LogP contribution in [0.15, 0.2) is 30.3 Å². The fourth-order valence-corrected chi connectivity index (χ4v) is 3.70. The highest BCUT2D eigenvalue weighted by Gasteiger charge is 2.52. The first-order valence-electron chi connectivity index (χ1n) is 10.2. The highest BCUT2D eigenvalue weighted by atomic mass is 16.6. The monoisotopic (exact) mass is 390 g/mol. The largest absolute Gasteiger partial charge is 0.445 e. The summed E-state index contributed by atoms with van der Waals surface area (Å²) in [5, 5.41) is 2.98. The van der Waals surface area contributed by atoms with Crippen molar-refractivity contribution in [2.24, 2.45) is 5.41 Å². The van der Waals surface area contributed by atoms with Crippen LogP contribution >= 0.6 is 0 Å². The number of ether oxygens (including phenoxy) is 2. The molecule has 0 radical (unpaired) electrons. The molecule has 0 bridgehead atoms. The van der Waals surface area contributed by atoms with Gasteiger partial charge in [0.1, 0.15) is 12.2 Å². The summed E-state index contributed by atoms with van der Waals surface area (Å²) in [6, 6.07) is 9.54. The molecule has 0 unspecified atom stereocenters. The molecule has 156 valence electrons. The molecule has 3 rings (SSSR count). The number of carbonyl (C=O) groups excluding carboxylic acids is 2. The molecule has 1 saturated carbocycles. The molecular formula is C22H34N2O4. The zero-order chi connectivity index (χ0) is 20.8. The quantitative estimate of drug-likeness (QED) is 0.810. The lowest BCUT2D eigenvalue weighted by Gasteiger charge is -2.42. The van der Waals surface area contributed by atoms with Gasteiger partial charge >= 0.3 is 12.2 Å². The maximum absolute atomic E-state index is 12.5. The maximum Gasteiger partial charge on any atom is 0.410 e. The maximum atomic E-state index is 12.5. The molecule has 1 aromatic carbocycles. The molecule has 1 atom stereocenters. The number of carbonyl (C=O) groups is 2. The lowest BCUT2D eigenvalue weighted by Crippen LogP contribution is -2.51. The zero-order valence-corrected chi connectivity index (χ0v) is 17.8. The van der Waals surface area contributed by atoms with Gasteiger partial charge in [0.05, 0.1) is 6.04 Å². The Morgan fingerprint density at radius 3 is 2.36 bits per heavy atom. The molecule has 6 heteroatoms. The van der Waals surface area contributed by atoms with Crippen LogP contribution in [0.25, 0.3) is 0 Å². The third-order valence-corrected chi connectivity index (χ3v) is 5.15. The first kappa shape index (κ1) is 22.1. The molecule has 28 heavy (non-hydrogen) atoms. The van der Waals surface area contributed by atoms with Gasteiger partial charge in [0.25, 0.3) is 0 Å². The van der Waals surface area contributed by atoms with Gasteiger partial charge in [-0.25, -0.2) is 9.59 Å². The van der Waals surface area contributed by atoms with Crippen LogP contribution in [0.4, 0.5) is 9.59 Å². The standard InChI is InChI=1S/C20H28N2O4.C2H6/c1-19(2,3)26-17(23)21-16-12-22(14-20(16)10-7-11-20)18(24)25-13-15-8-5-4-6-9-15;1-2/h4-6,8-9,16H,7,10-14H2,1-3H3,(H,21,23);1-2H3/t16-;/m1./s1. The van der Waals surface area contributed by atoms with Gasteiger partial charge in [-0.15, -0.1) is 0 Å². The molecular weight excluding hydrogens is 356 g/mol. The van der Waals surface area contributed by atoms with Crippen molar-refractivity contribution < 1.29 is 19.1 Å². The Balaban J connectivity index is 0.00000136.